The molecule has 128 valence electrons. The summed E-state index contributed by atoms with van der Waals surface area (Å²) < 4.78 is 6.70. The van der Waals surface area contributed by atoms with Crippen molar-refractivity contribution in [3.63, 3.8) is 0 Å². The molecule has 0 amide bonds. The van der Waals surface area contributed by atoms with Crippen LogP contribution in [0.1, 0.15) is 44.1 Å². The number of hydrogen-bond acceptors (Lipinski definition) is 3. The predicted molar refractivity (Wildman–Crippen MR) is 92.5 cm³/mol. The van der Waals surface area contributed by atoms with E-state index in [-0.39, 0.29) is 11.4 Å². The number of pyridine rings is 1. The zero-order valence-corrected chi connectivity index (χ0v) is 14.1. The molecule has 0 bridgehead atoms. The number of methoxy groups -OCH3 is 1. The van der Waals surface area contributed by atoms with E-state index in [9.17, 15) is 9.90 Å². The van der Waals surface area contributed by atoms with Gasteiger partial charge in [0, 0.05) is 12.5 Å². The van der Waals surface area contributed by atoms with E-state index in [1.54, 1.807) is 29.8 Å². The zero-order valence-electron chi connectivity index (χ0n) is 14.1. The van der Waals surface area contributed by atoms with E-state index in [0.717, 1.165) is 12.3 Å². The van der Waals surface area contributed by atoms with Crippen LogP contribution in [0.5, 0.6) is 11.6 Å². The molecule has 1 aliphatic carbocycles. The molecule has 0 unspecified atom stereocenters. The first-order chi connectivity index (χ1) is 11.7. The van der Waals surface area contributed by atoms with Crippen molar-refractivity contribution in [3.8, 4) is 11.6 Å². The summed E-state index contributed by atoms with van der Waals surface area (Å²) in [4.78, 5) is 15.0. The van der Waals surface area contributed by atoms with Crippen molar-refractivity contribution in [3.05, 3.63) is 46.4 Å². The lowest BCUT2D eigenvalue weighted by atomic mass is 10.0. The third-order valence-corrected chi connectivity index (χ3v) is 4.88. The number of nitrogens with one attached hydrogen (secondary N) is 1. The van der Waals surface area contributed by atoms with Crippen LogP contribution in [-0.2, 0) is 6.42 Å². The molecule has 2 aromatic rings. The van der Waals surface area contributed by atoms with Crippen LogP contribution in [0.2, 0.25) is 0 Å². The number of rotatable bonds is 6. The maximum absolute atomic E-state index is 12.2. The Balaban J connectivity index is 1.70. The van der Waals surface area contributed by atoms with Gasteiger partial charge in [-0.05, 0) is 18.8 Å². The molecule has 1 saturated carbocycles. The van der Waals surface area contributed by atoms with Crippen LogP contribution in [0.25, 0.3) is 5.65 Å². The fourth-order valence-corrected chi connectivity index (χ4v) is 3.46. The average Bonchev–Trinajstić information content (AvgIpc) is 3.10. The molecule has 0 aliphatic heterocycles. The Kier molecular flexibility index (Phi) is 5.18. The van der Waals surface area contributed by atoms with Crippen molar-refractivity contribution in [1.82, 2.24) is 4.98 Å². The SMILES string of the molecule is COc1cc[n+]2c(O)c(C/C=C/CCC3CCCC3)c(=O)[nH]c2c1. The second-order valence-corrected chi connectivity index (χ2v) is 6.48. The van der Waals surface area contributed by atoms with Gasteiger partial charge < -0.3 is 9.84 Å². The third-order valence-electron chi connectivity index (χ3n) is 4.88. The summed E-state index contributed by atoms with van der Waals surface area (Å²) in [6.45, 7) is 0. The monoisotopic (exact) mass is 329 g/mol. The zero-order chi connectivity index (χ0) is 16.9. The van der Waals surface area contributed by atoms with Gasteiger partial charge in [0.1, 0.15) is 17.5 Å². The Bertz CT molecular complexity index is 789. The van der Waals surface area contributed by atoms with Gasteiger partial charge in [-0.1, -0.05) is 37.8 Å². The van der Waals surface area contributed by atoms with E-state index in [4.69, 9.17) is 4.74 Å². The van der Waals surface area contributed by atoms with E-state index in [1.807, 2.05) is 6.08 Å². The molecule has 5 nitrogen and oxygen atoms in total. The molecule has 0 aromatic carbocycles. The summed E-state index contributed by atoms with van der Waals surface area (Å²) in [5.41, 5.74) is 0.627. The number of nitrogens with zero attached hydrogens (tertiary/aromatic N) is 1. The standard InChI is InChI=1S/C19H24N2O3/c1-24-15-11-12-21-17(13-15)20-18(22)16(19(21)23)10-4-2-3-7-14-8-5-6-9-14/h2,4,11-14H,3,5-10H2,1H3,(H,22,23)/p+1/b4-2+. The van der Waals surface area contributed by atoms with Crippen LogP contribution in [0, 0.1) is 5.92 Å². The van der Waals surface area contributed by atoms with E-state index in [0.29, 0.717) is 23.4 Å². The Morgan fingerprint density at radius 1 is 1.38 bits per heavy atom. The highest BCUT2D eigenvalue weighted by atomic mass is 16.5. The van der Waals surface area contributed by atoms with Gasteiger partial charge in [-0.25, -0.2) is 9.78 Å². The van der Waals surface area contributed by atoms with E-state index in [1.165, 1.54) is 32.1 Å². The molecule has 0 atom stereocenters. The van der Waals surface area contributed by atoms with Gasteiger partial charge in [0.2, 0.25) is 0 Å². The van der Waals surface area contributed by atoms with Crippen LogP contribution in [0.4, 0.5) is 0 Å². The lowest BCUT2D eigenvalue weighted by Gasteiger charge is -2.05. The largest absolute Gasteiger partial charge is 0.496 e. The number of aromatic amines is 1. The van der Waals surface area contributed by atoms with Gasteiger partial charge in [-0.2, -0.15) is 4.40 Å². The van der Waals surface area contributed by atoms with Crippen LogP contribution >= 0.6 is 0 Å². The van der Waals surface area contributed by atoms with E-state index >= 15 is 0 Å². The highest BCUT2D eigenvalue weighted by molar-refractivity contribution is 5.39. The molecular weight excluding hydrogens is 304 g/mol. The number of H-pyrrole nitrogens is 1. The lowest BCUT2D eigenvalue weighted by Crippen LogP contribution is -2.30. The smallest absolute Gasteiger partial charge is 0.343 e. The maximum Gasteiger partial charge on any atom is 0.343 e. The molecule has 1 fully saturated rings. The molecule has 1 aliphatic rings. The van der Waals surface area contributed by atoms with Crippen LogP contribution in [0.15, 0.2) is 35.3 Å². The molecule has 2 aromatic heterocycles. The molecular formula is C19H25N2O3+. The minimum Gasteiger partial charge on any atom is -0.496 e. The number of aromatic hydroxyl groups is 1. The summed E-state index contributed by atoms with van der Waals surface area (Å²) in [6, 6.07) is 3.43. The van der Waals surface area contributed by atoms with Crippen molar-refractivity contribution in [2.45, 2.75) is 44.9 Å². The first-order valence-electron chi connectivity index (χ1n) is 8.67. The van der Waals surface area contributed by atoms with E-state index < -0.39 is 0 Å². The average molecular weight is 329 g/mol. The number of allylic oxidation sites excluding steroid dienone is 2. The number of ether oxygens (including phenoxy) is 1. The number of fused-ring (bicyclic) bond motifs is 1. The topological polar surface area (TPSA) is 66.4 Å². The summed E-state index contributed by atoms with van der Waals surface area (Å²) in [7, 11) is 1.56. The third kappa shape index (κ3) is 3.61. The quantitative estimate of drug-likeness (QED) is 0.632. The highest BCUT2D eigenvalue weighted by Crippen LogP contribution is 2.28. The van der Waals surface area contributed by atoms with Gasteiger partial charge in [0.25, 0.3) is 11.5 Å². The summed E-state index contributed by atoms with van der Waals surface area (Å²) >= 11 is 0. The van der Waals surface area contributed by atoms with Crippen molar-refractivity contribution in [2.24, 2.45) is 5.92 Å². The van der Waals surface area contributed by atoms with Gasteiger partial charge in [-0.15, -0.1) is 0 Å². The minimum atomic E-state index is -0.263. The molecule has 0 radical (unpaired) electrons. The molecule has 24 heavy (non-hydrogen) atoms. The molecule has 3 rings (SSSR count). The molecule has 5 heteroatoms. The van der Waals surface area contributed by atoms with Gasteiger partial charge in [0.15, 0.2) is 0 Å². The predicted octanol–water partition coefficient (Wildman–Crippen LogP) is 2.90. The molecule has 2 heterocycles. The number of hydrogen-bond donors (Lipinski definition) is 2. The van der Waals surface area contributed by atoms with Crippen molar-refractivity contribution < 1.29 is 14.2 Å². The van der Waals surface area contributed by atoms with Gasteiger partial charge in [-0.3, -0.25) is 0 Å². The Morgan fingerprint density at radius 2 is 2.17 bits per heavy atom. The van der Waals surface area contributed by atoms with Crippen molar-refractivity contribution in [2.75, 3.05) is 7.11 Å². The fourth-order valence-electron chi connectivity index (χ4n) is 3.46. The highest BCUT2D eigenvalue weighted by Gasteiger charge is 2.18. The van der Waals surface area contributed by atoms with Crippen molar-refractivity contribution >= 4 is 5.65 Å². The normalized spacial score (nSPS) is 15.5. The Morgan fingerprint density at radius 3 is 2.92 bits per heavy atom. The van der Waals surface area contributed by atoms with Crippen molar-refractivity contribution in [1.29, 1.82) is 0 Å². The molecule has 2 N–H and O–H groups in total. The first kappa shape index (κ1) is 16.6. The fraction of sp³-hybridized carbons (Fsp3) is 0.474. The lowest BCUT2D eigenvalue weighted by molar-refractivity contribution is -0.526. The first-order valence-corrected chi connectivity index (χ1v) is 8.67. The Labute approximate surface area is 141 Å². The summed E-state index contributed by atoms with van der Waals surface area (Å²) in [5.74, 6) is 1.49. The molecule has 0 saturated heterocycles. The summed E-state index contributed by atoms with van der Waals surface area (Å²) in [5, 5.41) is 10.4. The van der Waals surface area contributed by atoms with Gasteiger partial charge in [0.05, 0.1) is 13.2 Å². The van der Waals surface area contributed by atoms with E-state index in [2.05, 4.69) is 11.1 Å². The summed E-state index contributed by atoms with van der Waals surface area (Å²) in [6.07, 6.45) is 14.0. The van der Waals surface area contributed by atoms with Crippen LogP contribution < -0.4 is 14.7 Å². The van der Waals surface area contributed by atoms with Crippen LogP contribution in [-0.4, -0.2) is 17.2 Å². The maximum atomic E-state index is 12.2. The van der Waals surface area contributed by atoms with Gasteiger partial charge >= 0.3 is 5.56 Å². The number of aromatic nitrogens is 2. The second-order valence-electron chi connectivity index (χ2n) is 6.48. The Hall–Kier alpha value is -2.30. The minimum absolute atomic E-state index is 0.0168. The molecule has 0 spiro atoms. The second kappa shape index (κ2) is 7.51. The van der Waals surface area contributed by atoms with Crippen LogP contribution in [0.3, 0.4) is 0 Å².